The summed E-state index contributed by atoms with van der Waals surface area (Å²) in [6.45, 7) is 0. The molecule has 108 valence electrons. The van der Waals surface area contributed by atoms with E-state index in [9.17, 15) is 8.42 Å². The zero-order chi connectivity index (χ0) is 15.2. The zero-order valence-electron chi connectivity index (χ0n) is 10.0. The maximum absolute atomic E-state index is 11.4. The number of alkyl halides is 1. The first-order chi connectivity index (χ1) is 9.41. The van der Waals surface area contributed by atoms with Crippen molar-refractivity contribution < 1.29 is 12.7 Å². The SMILES string of the molecule is N#CC(=NOS(=O)(=O)CCCCl)c1c(Cl)cccc1Cl. The summed E-state index contributed by atoms with van der Waals surface area (Å²) < 4.78 is 27.3. The van der Waals surface area contributed by atoms with Crippen molar-refractivity contribution in [1.82, 2.24) is 0 Å². The summed E-state index contributed by atoms with van der Waals surface area (Å²) in [5.74, 6) is -0.122. The summed E-state index contributed by atoms with van der Waals surface area (Å²) in [5, 5.41) is 12.7. The van der Waals surface area contributed by atoms with E-state index in [0.29, 0.717) is 0 Å². The second kappa shape index (κ2) is 7.70. The molecule has 0 fully saturated rings. The number of oxime groups is 1. The normalized spacial score (nSPS) is 12.0. The highest BCUT2D eigenvalue weighted by Crippen LogP contribution is 2.25. The highest BCUT2D eigenvalue weighted by molar-refractivity contribution is 7.86. The first kappa shape index (κ1) is 17.1. The molecular formula is C11H9Cl3N2O3S. The van der Waals surface area contributed by atoms with Gasteiger partial charge in [0.2, 0.25) is 0 Å². The van der Waals surface area contributed by atoms with Crippen molar-refractivity contribution in [1.29, 1.82) is 5.26 Å². The molecule has 0 aliphatic heterocycles. The van der Waals surface area contributed by atoms with Crippen LogP contribution in [0.5, 0.6) is 0 Å². The number of halogens is 3. The van der Waals surface area contributed by atoms with Crippen molar-refractivity contribution in [2.45, 2.75) is 6.42 Å². The molecule has 1 aromatic carbocycles. The summed E-state index contributed by atoms with van der Waals surface area (Å²) >= 11 is 17.2. The topological polar surface area (TPSA) is 79.5 Å². The van der Waals surface area contributed by atoms with Gasteiger partial charge >= 0.3 is 10.1 Å². The van der Waals surface area contributed by atoms with E-state index in [4.69, 9.17) is 40.1 Å². The molecule has 0 spiro atoms. The van der Waals surface area contributed by atoms with Crippen molar-refractivity contribution in [3.8, 4) is 6.07 Å². The minimum atomic E-state index is -3.89. The molecule has 9 heteroatoms. The molecule has 0 atom stereocenters. The fourth-order valence-corrected chi connectivity index (χ4v) is 2.84. The Morgan fingerprint density at radius 2 is 1.95 bits per heavy atom. The molecule has 0 radical (unpaired) electrons. The van der Waals surface area contributed by atoms with Gasteiger partial charge in [-0.05, 0) is 18.6 Å². The molecule has 1 aromatic rings. The van der Waals surface area contributed by atoms with Gasteiger partial charge < -0.3 is 0 Å². The third kappa shape index (κ3) is 4.84. The minimum absolute atomic E-state index is 0.117. The number of hydrogen-bond acceptors (Lipinski definition) is 5. The lowest BCUT2D eigenvalue weighted by molar-refractivity contribution is 0.339. The Labute approximate surface area is 131 Å². The van der Waals surface area contributed by atoms with Crippen LogP contribution in [-0.2, 0) is 14.4 Å². The quantitative estimate of drug-likeness (QED) is 0.446. The molecular weight excluding hydrogens is 347 g/mol. The van der Waals surface area contributed by atoms with Gasteiger partial charge in [0.05, 0.1) is 21.4 Å². The molecule has 5 nitrogen and oxygen atoms in total. The average molecular weight is 356 g/mol. The zero-order valence-corrected chi connectivity index (χ0v) is 13.1. The van der Waals surface area contributed by atoms with Crippen LogP contribution in [0.3, 0.4) is 0 Å². The highest BCUT2D eigenvalue weighted by atomic mass is 35.5. The van der Waals surface area contributed by atoms with Gasteiger partial charge in [0.25, 0.3) is 0 Å². The van der Waals surface area contributed by atoms with Gasteiger partial charge in [0.15, 0.2) is 5.71 Å². The van der Waals surface area contributed by atoms with Gasteiger partial charge in [-0.3, -0.25) is 4.28 Å². The van der Waals surface area contributed by atoms with Gasteiger partial charge in [-0.15, -0.1) is 11.6 Å². The van der Waals surface area contributed by atoms with Crippen LogP contribution < -0.4 is 0 Å². The van der Waals surface area contributed by atoms with E-state index >= 15 is 0 Å². The number of nitrogens with zero attached hydrogens (tertiary/aromatic N) is 2. The molecule has 0 unspecified atom stereocenters. The van der Waals surface area contributed by atoms with Crippen molar-refractivity contribution in [2.75, 3.05) is 11.6 Å². The van der Waals surface area contributed by atoms with E-state index in [0.717, 1.165) is 0 Å². The molecule has 0 amide bonds. The van der Waals surface area contributed by atoms with Gasteiger partial charge in [0, 0.05) is 5.88 Å². The van der Waals surface area contributed by atoms with Crippen molar-refractivity contribution >= 4 is 50.6 Å². The van der Waals surface area contributed by atoms with Crippen LogP contribution in [0.4, 0.5) is 0 Å². The molecule has 0 N–H and O–H groups in total. The number of benzene rings is 1. The van der Waals surface area contributed by atoms with Crippen LogP contribution in [-0.4, -0.2) is 25.8 Å². The Hall–Kier alpha value is -1.00. The number of nitriles is 1. The van der Waals surface area contributed by atoms with E-state index in [1.165, 1.54) is 12.1 Å². The Balaban J connectivity index is 3.04. The van der Waals surface area contributed by atoms with Gasteiger partial charge in [-0.2, -0.15) is 13.7 Å². The molecule has 0 heterocycles. The lowest BCUT2D eigenvalue weighted by Crippen LogP contribution is -2.10. The second-order valence-corrected chi connectivity index (χ2v) is 6.39. The molecule has 1 rings (SSSR count). The van der Waals surface area contributed by atoms with E-state index < -0.39 is 10.1 Å². The van der Waals surface area contributed by atoms with Crippen molar-refractivity contribution in [3.63, 3.8) is 0 Å². The van der Waals surface area contributed by atoms with Crippen LogP contribution in [0.25, 0.3) is 0 Å². The van der Waals surface area contributed by atoms with Crippen molar-refractivity contribution in [2.24, 2.45) is 5.16 Å². The second-order valence-electron chi connectivity index (χ2n) is 3.53. The first-order valence-electron chi connectivity index (χ1n) is 5.31. The summed E-state index contributed by atoms with van der Waals surface area (Å²) in [5.41, 5.74) is -0.207. The molecule has 0 aliphatic carbocycles. The van der Waals surface area contributed by atoms with Crippen molar-refractivity contribution in [3.05, 3.63) is 33.8 Å². The molecule has 0 saturated heterocycles. The predicted molar refractivity (Wildman–Crippen MR) is 78.8 cm³/mol. The number of rotatable bonds is 6. The Kier molecular flexibility index (Phi) is 6.56. The Morgan fingerprint density at radius 3 is 2.45 bits per heavy atom. The van der Waals surface area contributed by atoms with Gasteiger partial charge in [-0.1, -0.05) is 34.4 Å². The van der Waals surface area contributed by atoms with Gasteiger partial charge in [-0.25, -0.2) is 0 Å². The fourth-order valence-electron chi connectivity index (χ4n) is 1.21. The lowest BCUT2D eigenvalue weighted by atomic mass is 10.1. The molecule has 0 bridgehead atoms. The molecule has 0 aliphatic rings. The molecule has 0 aromatic heterocycles. The highest BCUT2D eigenvalue weighted by Gasteiger charge is 2.16. The number of hydrogen-bond donors (Lipinski definition) is 0. The average Bonchev–Trinajstić information content (AvgIpc) is 2.40. The van der Waals surface area contributed by atoms with E-state index in [-0.39, 0.29) is 39.4 Å². The maximum atomic E-state index is 11.4. The first-order valence-corrected chi connectivity index (χ1v) is 8.18. The standard InChI is InChI=1S/C11H9Cl3N2O3S/c12-5-2-6-20(17,18)19-16-10(7-15)11-8(13)3-1-4-9(11)14/h1,3-4H,2,5-6H2. The van der Waals surface area contributed by atoms with E-state index in [1.807, 2.05) is 0 Å². The largest absolute Gasteiger partial charge is 0.328 e. The smallest absolute Gasteiger partial charge is 0.267 e. The summed E-state index contributed by atoms with van der Waals surface area (Å²) in [7, 11) is -3.89. The Morgan fingerprint density at radius 1 is 1.35 bits per heavy atom. The summed E-state index contributed by atoms with van der Waals surface area (Å²) in [6, 6.07) is 6.27. The molecule has 0 saturated carbocycles. The monoisotopic (exact) mass is 354 g/mol. The summed E-state index contributed by atoms with van der Waals surface area (Å²) in [6.07, 6.45) is 0.216. The minimum Gasteiger partial charge on any atom is -0.267 e. The third-order valence-corrected chi connectivity index (χ3v) is 4.06. The van der Waals surface area contributed by atoms with E-state index in [1.54, 1.807) is 12.1 Å². The van der Waals surface area contributed by atoms with Crippen LogP contribution in [0.15, 0.2) is 23.4 Å². The Bertz CT molecular complexity index is 633. The van der Waals surface area contributed by atoms with Gasteiger partial charge in [0.1, 0.15) is 6.07 Å². The molecule has 20 heavy (non-hydrogen) atoms. The van der Waals surface area contributed by atoms with Crippen LogP contribution >= 0.6 is 34.8 Å². The third-order valence-electron chi connectivity index (χ3n) is 2.08. The van der Waals surface area contributed by atoms with Crippen LogP contribution in [0.2, 0.25) is 10.0 Å². The lowest BCUT2D eigenvalue weighted by Gasteiger charge is -2.04. The van der Waals surface area contributed by atoms with Crippen LogP contribution in [0.1, 0.15) is 12.0 Å². The van der Waals surface area contributed by atoms with E-state index in [2.05, 4.69) is 9.44 Å². The fraction of sp³-hybridized carbons (Fsp3) is 0.273. The van der Waals surface area contributed by atoms with Crippen LogP contribution in [0, 0.1) is 11.3 Å². The predicted octanol–water partition coefficient (Wildman–Crippen LogP) is 3.20. The summed E-state index contributed by atoms with van der Waals surface area (Å²) in [4.78, 5) is 0. The maximum Gasteiger partial charge on any atom is 0.328 e.